The minimum Gasteiger partial charge on any atom is -0.475 e. The van der Waals surface area contributed by atoms with Crippen molar-refractivity contribution in [3.05, 3.63) is 35.6 Å². The lowest BCUT2D eigenvalue weighted by molar-refractivity contribution is -0.194. The Morgan fingerprint density at radius 1 is 1.27 bits per heavy atom. The smallest absolute Gasteiger partial charge is 0.334 e. The van der Waals surface area contributed by atoms with Gasteiger partial charge in [-0.3, -0.25) is 14.4 Å². The number of fused-ring (bicyclic) bond motifs is 3. The molecule has 8 nitrogen and oxygen atoms in total. The zero-order valence-corrected chi connectivity index (χ0v) is 17.7. The van der Waals surface area contributed by atoms with E-state index in [0.717, 1.165) is 0 Å². The Labute approximate surface area is 174 Å². The van der Waals surface area contributed by atoms with Crippen molar-refractivity contribution in [3.63, 3.8) is 0 Å². The van der Waals surface area contributed by atoms with Crippen molar-refractivity contribution in [2.24, 2.45) is 11.8 Å². The summed E-state index contributed by atoms with van der Waals surface area (Å²) in [7, 11) is 0. The van der Waals surface area contributed by atoms with Crippen LogP contribution in [0.5, 0.6) is 0 Å². The monoisotopic (exact) mass is 418 g/mol. The number of esters is 3. The summed E-state index contributed by atoms with van der Waals surface area (Å²) < 4.78 is 22.6. The first kappa shape index (κ1) is 21.8. The third-order valence-electron chi connectivity index (χ3n) is 5.47. The third-order valence-corrected chi connectivity index (χ3v) is 5.47. The van der Waals surface area contributed by atoms with Crippen molar-refractivity contribution in [2.75, 3.05) is 0 Å². The number of ether oxygens (including phenoxy) is 4. The van der Waals surface area contributed by atoms with Crippen LogP contribution in [0.2, 0.25) is 0 Å². The van der Waals surface area contributed by atoms with Gasteiger partial charge >= 0.3 is 17.9 Å². The molecule has 0 aromatic carbocycles. The average Bonchev–Trinajstić information content (AvgIpc) is 3.07. The van der Waals surface area contributed by atoms with Crippen LogP contribution in [0.15, 0.2) is 35.6 Å². The van der Waals surface area contributed by atoms with Gasteiger partial charge < -0.3 is 18.9 Å². The summed E-state index contributed by atoms with van der Waals surface area (Å²) in [4.78, 5) is 49.8. The van der Waals surface area contributed by atoms with Gasteiger partial charge in [0.25, 0.3) is 0 Å². The molecule has 0 spiro atoms. The van der Waals surface area contributed by atoms with E-state index < -0.39 is 53.5 Å². The number of hydrogen-bond acceptors (Lipinski definition) is 8. The maximum atomic E-state index is 12.9. The molecule has 0 aromatic rings. The lowest BCUT2D eigenvalue weighted by atomic mass is 9.80. The molecule has 0 amide bonds. The summed E-state index contributed by atoms with van der Waals surface area (Å²) in [6, 6.07) is 0. The molecule has 3 aliphatic rings. The van der Waals surface area contributed by atoms with Crippen LogP contribution in [0.1, 0.15) is 41.0 Å². The fourth-order valence-electron chi connectivity index (χ4n) is 3.95. The molecule has 5 unspecified atom stereocenters. The van der Waals surface area contributed by atoms with Crippen molar-refractivity contribution >= 4 is 23.7 Å². The Morgan fingerprint density at radius 2 is 1.93 bits per heavy atom. The summed E-state index contributed by atoms with van der Waals surface area (Å²) in [6.07, 6.45) is -0.307. The van der Waals surface area contributed by atoms with Crippen molar-refractivity contribution in [1.29, 1.82) is 0 Å². The van der Waals surface area contributed by atoms with E-state index in [-0.39, 0.29) is 23.7 Å². The SMILES string of the molecule is C=C1C(=O)OC2C=C(C)C3=CC(=O)C(C)(O3)C(OC(C)=O)C(OC(=O)CC(C)C)C12. The highest BCUT2D eigenvalue weighted by Crippen LogP contribution is 2.43. The number of hydrogen-bond donors (Lipinski definition) is 0. The van der Waals surface area contributed by atoms with E-state index in [1.807, 2.05) is 13.8 Å². The van der Waals surface area contributed by atoms with E-state index in [1.54, 1.807) is 13.0 Å². The van der Waals surface area contributed by atoms with Crippen molar-refractivity contribution < 1.29 is 38.1 Å². The van der Waals surface area contributed by atoms with Crippen molar-refractivity contribution in [2.45, 2.75) is 65.0 Å². The summed E-state index contributed by atoms with van der Waals surface area (Å²) in [5.41, 5.74) is -0.994. The molecule has 0 radical (unpaired) electrons. The molecule has 30 heavy (non-hydrogen) atoms. The molecule has 3 rings (SSSR count). The highest BCUT2D eigenvalue weighted by atomic mass is 16.6. The Bertz CT molecular complexity index is 880. The van der Waals surface area contributed by atoms with Gasteiger partial charge in [-0.15, -0.1) is 0 Å². The fraction of sp³-hybridized carbons (Fsp3) is 0.545. The summed E-state index contributed by atoms with van der Waals surface area (Å²) in [5.74, 6) is -2.87. The zero-order chi connectivity index (χ0) is 22.4. The molecular weight excluding hydrogens is 392 g/mol. The van der Waals surface area contributed by atoms with Crippen molar-refractivity contribution in [3.8, 4) is 0 Å². The summed E-state index contributed by atoms with van der Waals surface area (Å²) in [5, 5.41) is 0. The van der Waals surface area contributed by atoms with E-state index >= 15 is 0 Å². The van der Waals surface area contributed by atoms with Crippen LogP contribution >= 0.6 is 0 Å². The zero-order valence-electron chi connectivity index (χ0n) is 17.7. The minimum atomic E-state index is -1.64. The molecule has 3 heterocycles. The van der Waals surface area contributed by atoms with E-state index in [4.69, 9.17) is 18.9 Å². The Hall–Kier alpha value is -2.90. The molecule has 1 fully saturated rings. The minimum absolute atomic E-state index is 0.0110. The van der Waals surface area contributed by atoms with Gasteiger partial charge in [0.2, 0.25) is 11.4 Å². The third kappa shape index (κ3) is 3.78. The summed E-state index contributed by atoms with van der Waals surface area (Å²) >= 11 is 0. The van der Waals surface area contributed by atoms with Gasteiger partial charge in [0.05, 0.1) is 5.92 Å². The van der Waals surface area contributed by atoms with E-state index in [0.29, 0.717) is 5.57 Å². The Kier molecular flexibility index (Phi) is 5.62. The Morgan fingerprint density at radius 3 is 2.53 bits per heavy atom. The van der Waals surface area contributed by atoms with Gasteiger partial charge in [-0.25, -0.2) is 4.79 Å². The first-order chi connectivity index (χ1) is 13.9. The molecular formula is C22H26O8. The average molecular weight is 418 g/mol. The van der Waals surface area contributed by atoms with Crippen LogP contribution in [-0.2, 0) is 38.1 Å². The molecule has 1 saturated heterocycles. The highest BCUT2D eigenvalue weighted by Gasteiger charge is 2.59. The standard InChI is InChI=1S/C22H26O8/c1-10(2)7-17(25)29-19-18-12(4)21(26)28-15(18)8-11(3)14-9-16(24)22(6,30-14)20(19)27-13(5)23/h8-10,15,18-20H,4,7H2,1-3,5-6H3. The highest BCUT2D eigenvalue weighted by molar-refractivity contribution is 6.01. The van der Waals surface area contributed by atoms with E-state index in [9.17, 15) is 19.2 Å². The van der Waals surface area contributed by atoms with Crippen LogP contribution in [0, 0.1) is 11.8 Å². The van der Waals surface area contributed by atoms with Gasteiger partial charge in [-0.1, -0.05) is 20.4 Å². The molecule has 0 N–H and O–H groups in total. The second kappa shape index (κ2) is 7.74. The summed E-state index contributed by atoms with van der Waals surface area (Å²) in [6.45, 7) is 11.9. The van der Waals surface area contributed by atoms with E-state index in [1.165, 1.54) is 19.9 Å². The number of carbonyl (C=O) groups is 4. The predicted octanol–water partition coefficient (Wildman–Crippen LogP) is 2.18. The number of ketones is 1. The molecule has 0 saturated carbocycles. The molecule has 2 bridgehead atoms. The molecule has 3 aliphatic heterocycles. The maximum Gasteiger partial charge on any atom is 0.334 e. The first-order valence-electron chi connectivity index (χ1n) is 9.84. The lowest BCUT2D eigenvalue weighted by Gasteiger charge is -2.38. The lowest BCUT2D eigenvalue weighted by Crippen LogP contribution is -2.57. The normalized spacial score (nSPS) is 32.8. The van der Waals surface area contributed by atoms with Crippen LogP contribution in [0.4, 0.5) is 0 Å². The number of rotatable bonds is 4. The molecule has 8 heteroatoms. The second-order valence-corrected chi connectivity index (χ2v) is 8.44. The largest absolute Gasteiger partial charge is 0.475 e. The maximum absolute atomic E-state index is 12.9. The predicted molar refractivity (Wildman–Crippen MR) is 104 cm³/mol. The quantitative estimate of drug-likeness (QED) is 0.389. The van der Waals surface area contributed by atoms with Crippen LogP contribution < -0.4 is 0 Å². The van der Waals surface area contributed by atoms with Gasteiger partial charge in [0.1, 0.15) is 11.9 Å². The molecule has 0 aliphatic carbocycles. The van der Waals surface area contributed by atoms with Gasteiger partial charge in [0, 0.05) is 25.0 Å². The molecule has 162 valence electrons. The van der Waals surface area contributed by atoms with Gasteiger partial charge in [-0.2, -0.15) is 0 Å². The fourth-order valence-corrected chi connectivity index (χ4v) is 3.95. The van der Waals surface area contributed by atoms with Crippen LogP contribution in [0.3, 0.4) is 0 Å². The second-order valence-electron chi connectivity index (χ2n) is 8.44. The first-order valence-corrected chi connectivity index (χ1v) is 9.84. The topological polar surface area (TPSA) is 105 Å². The van der Waals surface area contributed by atoms with Gasteiger partial charge in [-0.05, 0) is 31.4 Å². The van der Waals surface area contributed by atoms with E-state index in [2.05, 4.69) is 6.58 Å². The molecule has 5 atom stereocenters. The number of carbonyl (C=O) groups excluding carboxylic acids is 4. The van der Waals surface area contributed by atoms with Crippen LogP contribution in [-0.4, -0.2) is 47.6 Å². The van der Waals surface area contributed by atoms with Crippen molar-refractivity contribution in [1.82, 2.24) is 0 Å². The van der Waals surface area contributed by atoms with Gasteiger partial charge in [0.15, 0.2) is 12.2 Å². The molecule has 0 aromatic heterocycles. The Balaban J connectivity index is 2.16. The number of allylic oxidation sites excluding steroid dienone is 1. The van der Waals surface area contributed by atoms with Crippen LogP contribution in [0.25, 0.3) is 0 Å².